The molecule has 1 atom stereocenters. The third kappa shape index (κ3) is 5.97. The summed E-state index contributed by atoms with van der Waals surface area (Å²) >= 11 is 2.28. The van der Waals surface area contributed by atoms with Gasteiger partial charge >= 0.3 is 0 Å². The first-order chi connectivity index (χ1) is 14.1. The largest absolute Gasteiger partial charge is 0.497 e. The van der Waals surface area contributed by atoms with Gasteiger partial charge < -0.3 is 14.8 Å². The lowest BCUT2D eigenvalue weighted by Gasteiger charge is -2.20. The van der Waals surface area contributed by atoms with Gasteiger partial charge in [0, 0.05) is 21.2 Å². The fraction of sp³-hybridized carbons (Fsp3) is 0.208. The summed E-state index contributed by atoms with van der Waals surface area (Å²) in [4.78, 5) is 12.9. The molecule has 5 heteroatoms. The fourth-order valence-electron chi connectivity index (χ4n) is 3.04. The Kier molecular flexibility index (Phi) is 7.52. The highest BCUT2D eigenvalue weighted by molar-refractivity contribution is 14.1. The Morgan fingerprint density at radius 3 is 2.14 bits per heavy atom. The van der Waals surface area contributed by atoms with E-state index in [1.165, 1.54) is 3.57 Å². The molecule has 0 aromatic heterocycles. The van der Waals surface area contributed by atoms with Crippen LogP contribution in [0.3, 0.4) is 0 Å². The number of rotatable bonds is 9. The van der Waals surface area contributed by atoms with Crippen molar-refractivity contribution in [1.82, 2.24) is 0 Å². The Bertz CT molecular complexity index is 922. The van der Waals surface area contributed by atoms with Gasteiger partial charge in [0.15, 0.2) is 5.78 Å². The van der Waals surface area contributed by atoms with Crippen LogP contribution in [0.4, 0.5) is 5.69 Å². The van der Waals surface area contributed by atoms with Crippen LogP contribution < -0.4 is 14.8 Å². The maximum Gasteiger partial charge on any atom is 0.165 e. The van der Waals surface area contributed by atoms with Crippen LogP contribution in [0.25, 0.3) is 0 Å². The van der Waals surface area contributed by atoms with Gasteiger partial charge in [-0.05, 0) is 95.7 Å². The van der Waals surface area contributed by atoms with Crippen molar-refractivity contribution in [2.45, 2.75) is 19.4 Å². The molecule has 0 aliphatic carbocycles. The van der Waals surface area contributed by atoms with E-state index in [0.717, 1.165) is 22.7 Å². The molecule has 0 aliphatic rings. The highest BCUT2D eigenvalue weighted by atomic mass is 127. The second kappa shape index (κ2) is 10.3. The Morgan fingerprint density at radius 2 is 1.55 bits per heavy atom. The first-order valence-corrected chi connectivity index (χ1v) is 10.6. The maximum atomic E-state index is 12.9. The second-order valence-corrected chi connectivity index (χ2v) is 7.81. The first-order valence-electron chi connectivity index (χ1n) is 9.51. The van der Waals surface area contributed by atoms with Crippen molar-refractivity contribution in [3.8, 4) is 11.5 Å². The van der Waals surface area contributed by atoms with E-state index >= 15 is 0 Å². The van der Waals surface area contributed by atoms with Gasteiger partial charge in [0.25, 0.3) is 0 Å². The predicted molar refractivity (Wildman–Crippen MR) is 125 cm³/mol. The summed E-state index contributed by atoms with van der Waals surface area (Å²) < 4.78 is 11.9. The summed E-state index contributed by atoms with van der Waals surface area (Å²) in [7, 11) is 1.61. The molecule has 0 amide bonds. The molecule has 0 aliphatic heterocycles. The number of halogens is 1. The van der Waals surface area contributed by atoms with E-state index in [1.54, 1.807) is 19.2 Å². The maximum absolute atomic E-state index is 12.9. The van der Waals surface area contributed by atoms with Gasteiger partial charge in [0.05, 0.1) is 19.8 Å². The molecule has 4 nitrogen and oxygen atoms in total. The molecule has 1 N–H and O–H groups in total. The number of Topliss-reactive ketones (excluding diaryl/α,β-unsaturated/α-hetero) is 1. The van der Waals surface area contributed by atoms with Crippen LogP contribution >= 0.6 is 22.6 Å². The number of hydrogen-bond donors (Lipinski definition) is 1. The van der Waals surface area contributed by atoms with Crippen LogP contribution in [0.15, 0.2) is 72.8 Å². The third-order valence-corrected chi connectivity index (χ3v) is 5.30. The van der Waals surface area contributed by atoms with E-state index in [4.69, 9.17) is 9.47 Å². The Morgan fingerprint density at radius 1 is 0.931 bits per heavy atom. The van der Waals surface area contributed by atoms with E-state index in [0.29, 0.717) is 18.6 Å². The first kappa shape index (κ1) is 21.2. The minimum Gasteiger partial charge on any atom is -0.497 e. The van der Waals surface area contributed by atoms with Crippen molar-refractivity contribution < 1.29 is 14.3 Å². The number of anilines is 1. The average Bonchev–Trinajstić information content (AvgIpc) is 2.75. The summed E-state index contributed by atoms with van der Waals surface area (Å²) in [5, 5.41) is 3.51. The number of methoxy groups -OCH3 is 1. The molecule has 0 radical (unpaired) electrons. The topological polar surface area (TPSA) is 47.6 Å². The molecule has 0 bridgehead atoms. The second-order valence-electron chi connectivity index (χ2n) is 6.56. The van der Waals surface area contributed by atoms with Crippen LogP contribution in [0.2, 0.25) is 0 Å². The number of ketones is 1. The van der Waals surface area contributed by atoms with Crippen molar-refractivity contribution in [3.63, 3.8) is 0 Å². The summed E-state index contributed by atoms with van der Waals surface area (Å²) in [6, 6.07) is 23.1. The Balaban J connectivity index is 1.82. The fourth-order valence-corrected chi connectivity index (χ4v) is 3.40. The third-order valence-electron chi connectivity index (χ3n) is 4.58. The van der Waals surface area contributed by atoms with Crippen molar-refractivity contribution in [2.75, 3.05) is 19.0 Å². The summed E-state index contributed by atoms with van der Waals surface area (Å²) in [6.07, 6.45) is 0.340. The molecule has 0 saturated carbocycles. The lowest BCUT2D eigenvalue weighted by Crippen LogP contribution is -2.16. The van der Waals surface area contributed by atoms with Crippen LogP contribution in [0.1, 0.15) is 35.3 Å². The zero-order valence-electron chi connectivity index (χ0n) is 16.5. The van der Waals surface area contributed by atoms with Crippen molar-refractivity contribution >= 4 is 34.1 Å². The van der Waals surface area contributed by atoms with E-state index < -0.39 is 0 Å². The molecule has 3 aromatic carbocycles. The molecular formula is C24H24INO3. The summed E-state index contributed by atoms with van der Waals surface area (Å²) in [6.45, 7) is 2.59. The Hall–Kier alpha value is -2.54. The lowest BCUT2D eigenvalue weighted by atomic mass is 9.97. The lowest BCUT2D eigenvalue weighted by molar-refractivity contribution is 0.0976. The van der Waals surface area contributed by atoms with Gasteiger partial charge in [-0.25, -0.2) is 0 Å². The van der Waals surface area contributed by atoms with Crippen LogP contribution in [0, 0.1) is 3.57 Å². The van der Waals surface area contributed by atoms with Gasteiger partial charge in [-0.15, -0.1) is 0 Å². The van der Waals surface area contributed by atoms with Gasteiger partial charge in [0.2, 0.25) is 0 Å². The zero-order chi connectivity index (χ0) is 20.6. The zero-order valence-corrected chi connectivity index (χ0v) is 18.7. The number of nitrogens with one attached hydrogen (secondary N) is 1. The van der Waals surface area contributed by atoms with Gasteiger partial charge in [-0.1, -0.05) is 12.1 Å². The minimum absolute atomic E-state index is 0.0737. The smallest absolute Gasteiger partial charge is 0.165 e. The van der Waals surface area contributed by atoms with Gasteiger partial charge in [-0.2, -0.15) is 0 Å². The molecule has 29 heavy (non-hydrogen) atoms. The molecule has 3 rings (SSSR count). The normalized spacial score (nSPS) is 11.6. The number of benzene rings is 3. The van der Waals surface area contributed by atoms with E-state index in [-0.39, 0.29) is 11.8 Å². The minimum atomic E-state index is -0.152. The quantitative estimate of drug-likeness (QED) is 0.283. The molecule has 0 fully saturated rings. The Labute approximate surface area is 185 Å². The predicted octanol–water partition coefficient (Wildman–Crippen LogP) is 6.12. The summed E-state index contributed by atoms with van der Waals surface area (Å²) in [5.41, 5.74) is 2.69. The highest BCUT2D eigenvalue weighted by Crippen LogP contribution is 2.27. The highest BCUT2D eigenvalue weighted by Gasteiger charge is 2.18. The van der Waals surface area contributed by atoms with Crippen molar-refractivity contribution in [3.05, 3.63) is 87.5 Å². The van der Waals surface area contributed by atoms with E-state index in [9.17, 15) is 4.79 Å². The molecule has 3 aromatic rings. The monoisotopic (exact) mass is 501 g/mol. The van der Waals surface area contributed by atoms with Crippen LogP contribution in [-0.2, 0) is 0 Å². The molecular weight excluding hydrogens is 477 g/mol. The van der Waals surface area contributed by atoms with Crippen LogP contribution in [-0.4, -0.2) is 19.5 Å². The molecule has 0 spiro atoms. The van der Waals surface area contributed by atoms with Crippen molar-refractivity contribution in [1.29, 1.82) is 0 Å². The SMILES string of the molecule is CCOc1ccc([C@@H](CC(=O)c2ccc(OC)cc2)Nc2ccc(I)cc2)cc1. The summed E-state index contributed by atoms with van der Waals surface area (Å²) in [5.74, 6) is 1.64. The molecule has 0 unspecified atom stereocenters. The van der Waals surface area contributed by atoms with Gasteiger partial charge in [-0.3, -0.25) is 4.79 Å². The number of carbonyl (C=O) groups is 1. The molecule has 150 valence electrons. The van der Waals surface area contributed by atoms with Crippen molar-refractivity contribution in [2.24, 2.45) is 0 Å². The molecule has 0 saturated heterocycles. The standard InChI is InChI=1S/C24H24INO3/c1-3-29-22-14-4-17(5-15-22)23(26-20-10-8-19(25)9-11-20)16-24(27)18-6-12-21(28-2)13-7-18/h4-15,23,26H,3,16H2,1-2H3/t23-/m1/s1. The van der Waals surface area contributed by atoms with E-state index in [2.05, 4.69) is 27.9 Å². The number of ether oxygens (including phenoxy) is 2. The average molecular weight is 501 g/mol. The van der Waals surface area contributed by atoms with Crippen LogP contribution in [0.5, 0.6) is 11.5 Å². The number of hydrogen-bond acceptors (Lipinski definition) is 4. The van der Waals surface area contributed by atoms with Gasteiger partial charge in [0.1, 0.15) is 11.5 Å². The van der Waals surface area contributed by atoms with E-state index in [1.807, 2.05) is 67.6 Å². The molecule has 0 heterocycles. The number of carbonyl (C=O) groups excluding carboxylic acids is 1.